The Labute approximate surface area is 164 Å². The van der Waals surface area contributed by atoms with Gasteiger partial charge >= 0.3 is 0 Å². The van der Waals surface area contributed by atoms with Gasteiger partial charge in [0.25, 0.3) is 0 Å². The summed E-state index contributed by atoms with van der Waals surface area (Å²) in [7, 11) is 5.59. The standard InChI is InChI=1S/C20H37N5O2/c1-21-19(22-16-20(7-4-5-8-20)18(26)23(2)3)25-9-6-17(15-25)14-24-10-12-27-13-11-24/h17H,4-16H2,1-3H3,(H,21,22). The lowest BCUT2D eigenvalue weighted by Crippen LogP contribution is -2.50. The number of likely N-dealkylation sites (tertiary alicyclic amines) is 1. The number of nitrogens with zero attached hydrogens (tertiary/aromatic N) is 4. The second-order valence-electron chi connectivity index (χ2n) is 8.60. The Balaban J connectivity index is 1.52. The molecule has 1 amide bonds. The maximum absolute atomic E-state index is 12.8. The minimum atomic E-state index is -0.258. The van der Waals surface area contributed by atoms with Gasteiger partial charge in [-0.1, -0.05) is 12.8 Å². The highest BCUT2D eigenvalue weighted by Crippen LogP contribution is 2.39. The molecule has 2 heterocycles. The lowest BCUT2D eigenvalue weighted by Gasteiger charge is -2.33. The van der Waals surface area contributed by atoms with Crippen molar-refractivity contribution in [3.63, 3.8) is 0 Å². The Morgan fingerprint density at radius 1 is 1.22 bits per heavy atom. The van der Waals surface area contributed by atoms with E-state index in [-0.39, 0.29) is 11.3 Å². The molecule has 27 heavy (non-hydrogen) atoms. The molecule has 0 aromatic carbocycles. The first kappa shape index (κ1) is 20.4. The second kappa shape index (κ2) is 9.24. The van der Waals surface area contributed by atoms with Crippen LogP contribution in [0.2, 0.25) is 0 Å². The molecular weight excluding hydrogens is 342 g/mol. The zero-order chi connectivity index (χ0) is 19.3. The molecule has 0 spiro atoms. The molecule has 1 aliphatic carbocycles. The van der Waals surface area contributed by atoms with Crippen molar-refractivity contribution in [2.75, 3.05) is 73.6 Å². The van der Waals surface area contributed by atoms with Crippen LogP contribution >= 0.6 is 0 Å². The minimum Gasteiger partial charge on any atom is -0.379 e. The summed E-state index contributed by atoms with van der Waals surface area (Å²) >= 11 is 0. The van der Waals surface area contributed by atoms with Crippen LogP contribution in [-0.2, 0) is 9.53 Å². The van der Waals surface area contributed by atoms with E-state index in [0.717, 1.165) is 77.6 Å². The fourth-order valence-electron chi connectivity index (χ4n) is 4.90. The predicted octanol–water partition coefficient (Wildman–Crippen LogP) is 0.865. The molecule has 3 rings (SSSR count). The number of nitrogens with one attached hydrogen (secondary N) is 1. The van der Waals surface area contributed by atoms with Gasteiger partial charge in [-0.15, -0.1) is 0 Å². The van der Waals surface area contributed by atoms with Crippen molar-refractivity contribution in [1.29, 1.82) is 0 Å². The molecule has 3 fully saturated rings. The van der Waals surface area contributed by atoms with Crippen molar-refractivity contribution in [2.24, 2.45) is 16.3 Å². The summed E-state index contributed by atoms with van der Waals surface area (Å²) in [5.74, 6) is 1.90. The molecule has 154 valence electrons. The molecule has 0 radical (unpaired) electrons. The fraction of sp³-hybridized carbons (Fsp3) is 0.900. The molecule has 2 saturated heterocycles. The zero-order valence-corrected chi connectivity index (χ0v) is 17.4. The lowest BCUT2D eigenvalue weighted by atomic mass is 9.84. The molecule has 7 nitrogen and oxygen atoms in total. The number of hydrogen-bond donors (Lipinski definition) is 1. The SMILES string of the molecule is CN=C(NCC1(C(=O)N(C)C)CCCC1)N1CCC(CN2CCOCC2)C1. The van der Waals surface area contributed by atoms with E-state index in [2.05, 4.69) is 20.1 Å². The van der Waals surface area contributed by atoms with Gasteiger partial charge < -0.3 is 19.9 Å². The van der Waals surface area contributed by atoms with E-state index in [0.29, 0.717) is 12.5 Å². The van der Waals surface area contributed by atoms with Crippen LogP contribution in [-0.4, -0.2) is 100 Å². The van der Waals surface area contributed by atoms with E-state index in [4.69, 9.17) is 4.74 Å². The van der Waals surface area contributed by atoms with E-state index in [1.165, 1.54) is 6.42 Å². The Morgan fingerprint density at radius 2 is 1.93 bits per heavy atom. The highest BCUT2D eigenvalue weighted by Gasteiger charge is 2.42. The maximum Gasteiger partial charge on any atom is 0.230 e. The van der Waals surface area contributed by atoms with Crippen LogP contribution < -0.4 is 5.32 Å². The van der Waals surface area contributed by atoms with Crippen LogP contribution in [0, 0.1) is 11.3 Å². The van der Waals surface area contributed by atoms with E-state index < -0.39 is 0 Å². The number of ether oxygens (including phenoxy) is 1. The Morgan fingerprint density at radius 3 is 2.56 bits per heavy atom. The van der Waals surface area contributed by atoms with E-state index >= 15 is 0 Å². The number of guanidine groups is 1. The molecule has 7 heteroatoms. The van der Waals surface area contributed by atoms with Gasteiger partial charge in [0, 0.05) is 60.4 Å². The first-order valence-corrected chi connectivity index (χ1v) is 10.5. The summed E-state index contributed by atoms with van der Waals surface area (Å²) in [5.41, 5.74) is -0.258. The molecule has 1 atom stereocenters. The van der Waals surface area contributed by atoms with Crippen molar-refractivity contribution >= 4 is 11.9 Å². The van der Waals surface area contributed by atoms with Gasteiger partial charge in [-0.3, -0.25) is 14.7 Å². The van der Waals surface area contributed by atoms with E-state index in [1.807, 2.05) is 21.1 Å². The molecule has 0 aromatic rings. The van der Waals surface area contributed by atoms with Gasteiger partial charge in [0.1, 0.15) is 0 Å². The lowest BCUT2D eigenvalue weighted by molar-refractivity contribution is -0.138. The zero-order valence-electron chi connectivity index (χ0n) is 17.4. The fourth-order valence-corrected chi connectivity index (χ4v) is 4.90. The summed E-state index contributed by atoms with van der Waals surface area (Å²) in [5, 5.41) is 3.55. The Hall–Kier alpha value is -1.34. The number of amides is 1. The van der Waals surface area contributed by atoms with Crippen LogP contribution in [0.1, 0.15) is 32.1 Å². The predicted molar refractivity (Wildman–Crippen MR) is 108 cm³/mol. The normalized spacial score (nSPS) is 26.4. The highest BCUT2D eigenvalue weighted by molar-refractivity contribution is 5.85. The molecule has 0 bridgehead atoms. The molecule has 1 N–H and O–H groups in total. The monoisotopic (exact) mass is 379 g/mol. The largest absolute Gasteiger partial charge is 0.379 e. The number of aliphatic imine (C=N–C) groups is 1. The summed E-state index contributed by atoms with van der Waals surface area (Å²) in [4.78, 5) is 23.9. The van der Waals surface area contributed by atoms with Gasteiger partial charge in [-0.05, 0) is 25.2 Å². The van der Waals surface area contributed by atoms with Crippen molar-refractivity contribution in [2.45, 2.75) is 32.1 Å². The van der Waals surface area contributed by atoms with Crippen molar-refractivity contribution in [3.8, 4) is 0 Å². The smallest absolute Gasteiger partial charge is 0.230 e. The van der Waals surface area contributed by atoms with E-state index in [9.17, 15) is 4.79 Å². The van der Waals surface area contributed by atoms with Crippen molar-refractivity contribution < 1.29 is 9.53 Å². The van der Waals surface area contributed by atoms with Crippen LogP contribution in [0.15, 0.2) is 4.99 Å². The average molecular weight is 380 g/mol. The maximum atomic E-state index is 12.8. The first-order valence-electron chi connectivity index (χ1n) is 10.5. The molecule has 3 aliphatic rings. The molecule has 0 aromatic heterocycles. The number of hydrogen-bond acceptors (Lipinski definition) is 4. The molecule has 2 aliphatic heterocycles. The number of rotatable bonds is 5. The molecular formula is C20H37N5O2. The average Bonchev–Trinajstić information content (AvgIpc) is 3.33. The number of morpholine rings is 1. The number of carbonyl (C=O) groups excluding carboxylic acids is 1. The summed E-state index contributed by atoms with van der Waals surface area (Å²) in [6.45, 7) is 7.77. The van der Waals surface area contributed by atoms with Crippen molar-refractivity contribution in [3.05, 3.63) is 0 Å². The Bertz CT molecular complexity index is 524. The summed E-state index contributed by atoms with van der Waals surface area (Å²) < 4.78 is 5.45. The van der Waals surface area contributed by atoms with Gasteiger partial charge in [-0.2, -0.15) is 0 Å². The van der Waals surface area contributed by atoms with Gasteiger partial charge in [0.15, 0.2) is 5.96 Å². The quantitative estimate of drug-likeness (QED) is 0.567. The Kier molecular flexibility index (Phi) is 6.98. The van der Waals surface area contributed by atoms with Gasteiger partial charge in [0.05, 0.1) is 18.6 Å². The third-order valence-electron chi connectivity index (χ3n) is 6.42. The topological polar surface area (TPSA) is 60.4 Å². The van der Waals surface area contributed by atoms with Crippen molar-refractivity contribution in [1.82, 2.24) is 20.0 Å². The van der Waals surface area contributed by atoms with Crippen LogP contribution in [0.4, 0.5) is 0 Å². The summed E-state index contributed by atoms with van der Waals surface area (Å²) in [6, 6.07) is 0. The first-order chi connectivity index (χ1) is 13.0. The van der Waals surface area contributed by atoms with Crippen LogP contribution in [0.3, 0.4) is 0 Å². The third kappa shape index (κ3) is 4.93. The third-order valence-corrected chi connectivity index (χ3v) is 6.42. The minimum absolute atomic E-state index is 0.258. The van der Waals surface area contributed by atoms with Gasteiger partial charge in [-0.25, -0.2) is 0 Å². The molecule has 1 unspecified atom stereocenters. The number of carbonyl (C=O) groups is 1. The highest BCUT2D eigenvalue weighted by atomic mass is 16.5. The molecule has 1 saturated carbocycles. The van der Waals surface area contributed by atoms with E-state index in [1.54, 1.807) is 4.90 Å². The summed E-state index contributed by atoms with van der Waals surface area (Å²) in [6.07, 6.45) is 5.46. The van der Waals surface area contributed by atoms with Crippen LogP contribution in [0.25, 0.3) is 0 Å². The van der Waals surface area contributed by atoms with Crippen LogP contribution in [0.5, 0.6) is 0 Å². The van der Waals surface area contributed by atoms with Gasteiger partial charge in [0.2, 0.25) is 5.91 Å². The second-order valence-corrected chi connectivity index (χ2v) is 8.60.